The van der Waals surface area contributed by atoms with Crippen molar-refractivity contribution < 1.29 is 79.9 Å². The molecule has 6 rings (SSSR count). The molecule has 0 bridgehead atoms. The Morgan fingerprint density at radius 2 is 1.43 bits per heavy atom. The number of halogens is 2. The van der Waals surface area contributed by atoms with Crippen LogP contribution in [0, 0.1) is 11.6 Å². The number of allylic oxidation sites excluding steroid dienone is 8. The fourth-order valence-corrected chi connectivity index (χ4v) is 11.6. The number of ether oxygens (including phenoxy) is 1. The van der Waals surface area contributed by atoms with Gasteiger partial charge < -0.3 is 19.3 Å². The Morgan fingerprint density at radius 1 is 0.792 bits per heavy atom. The van der Waals surface area contributed by atoms with Crippen LogP contribution in [0.1, 0.15) is 102 Å². The minimum absolute atomic E-state index is 0. The van der Waals surface area contributed by atoms with Gasteiger partial charge in [-0.2, -0.15) is 29.8 Å². The molecule has 3 aromatic rings. The second kappa shape index (κ2) is 22.8. The first kappa shape index (κ1) is 58.7. The van der Waals surface area contributed by atoms with Crippen LogP contribution in [0.25, 0.3) is 5.57 Å². The number of aliphatic carboxylic acids is 1. The standard InChI is InChI=1S/C48H56F2N2O15S4.Na.H/c1-47(2)35-29-33(70(61,62)63)16-19-38(35)51(24-5-7-27-68(55,56)57)41(47)22-14-31-11-9-12-32(44(31)45-37(49)18-21-40(46(45)50)67-26-10-13-43(53)54)15-23-42-48(3,4)36-30-34(71(64,65)66)17-20-39(36)52(42)25-6-8-28-69(58,59)60;;/h14-23,29-30H,5-13,24-28H2,1-4H3,(H4-,53,54,55,56,57,58,59,60,61,62,63,64,65,66);;. The number of benzene rings is 3. The van der Waals surface area contributed by atoms with Crippen molar-refractivity contribution in [2.24, 2.45) is 0 Å². The van der Waals surface area contributed by atoms with Crippen molar-refractivity contribution in [2.75, 3.05) is 36.1 Å². The Bertz CT molecular complexity index is 3260. The van der Waals surface area contributed by atoms with E-state index >= 15 is 8.78 Å². The summed E-state index contributed by atoms with van der Waals surface area (Å²) in [5, 5.41) is 9.14. The Kier molecular flexibility index (Phi) is 18.6. The molecule has 24 heteroatoms. The van der Waals surface area contributed by atoms with E-state index in [1.54, 1.807) is 52.0 Å². The van der Waals surface area contributed by atoms with E-state index < -0.39 is 90.9 Å². The monoisotopic (exact) mass is 1090 g/mol. The molecule has 1 aliphatic carbocycles. The summed E-state index contributed by atoms with van der Waals surface area (Å²) in [6.07, 6.45) is 8.23. The molecule has 0 saturated heterocycles. The summed E-state index contributed by atoms with van der Waals surface area (Å²) in [5.41, 5.74) is 1.77. The molecule has 0 saturated carbocycles. The van der Waals surface area contributed by atoms with E-state index in [1.807, 2.05) is 9.48 Å². The van der Waals surface area contributed by atoms with Crippen LogP contribution < -0.4 is 9.64 Å². The van der Waals surface area contributed by atoms with Crippen molar-refractivity contribution in [1.29, 1.82) is 0 Å². The average Bonchev–Trinajstić information content (AvgIpc) is 3.60. The second-order valence-corrected chi connectivity index (χ2v) is 24.6. The molecule has 0 amide bonds. The number of hydrogen-bond donors (Lipinski definition) is 4. The first-order valence-electron chi connectivity index (χ1n) is 22.6. The summed E-state index contributed by atoms with van der Waals surface area (Å²) in [6.45, 7) is 7.37. The quantitative estimate of drug-likeness (QED) is 0.0355. The Balaban J connectivity index is 0.00000963. The molecule has 0 spiro atoms. The van der Waals surface area contributed by atoms with Gasteiger partial charge in [0.1, 0.15) is 22.5 Å². The van der Waals surface area contributed by atoms with E-state index in [0.29, 0.717) is 51.5 Å². The summed E-state index contributed by atoms with van der Waals surface area (Å²) in [7, 11) is -18.1. The number of carboxylic acids is 1. The number of rotatable bonds is 21. The maximum absolute atomic E-state index is 17.0. The van der Waals surface area contributed by atoms with Crippen LogP contribution in [0.5, 0.6) is 5.75 Å². The molecular formula is C48H57F2N2NaO15S4. The van der Waals surface area contributed by atoms with Gasteiger partial charge in [-0.3, -0.25) is 18.5 Å². The average molecular weight is 1090 g/mol. The predicted octanol–water partition coefficient (Wildman–Crippen LogP) is 7.22. The van der Waals surface area contributed by atoms with Crippen molar-refractivity contribution in [3.8, 4) is 5.75 Å². The fraction of sp³-hybridized carbons (Fsp3) is 0.417. The SMILES string of the molecule is CC1(C)C(=CC=C2CCCC(C=CC3=[N+](CCCCS(=O)(=O)O)c4ccc(S(=O)(=O)[O-])cc4C3(C)C)=C2c2c(F)ccc(OCCCC(=O)O)c2F)N(CCCCS(=O)(=O)O)c2ccc(S(=O)(=O)O)cc21.[NaH]. The molecule has 17 nitrogen and oxygen atoms in total. The molecule has 0 atom stereocenters. The van der Waals surface area contributed by atoms with Gasteiger partial charge in [0, 0.05) is 53.9 Å². The van der Waals surface area contributed by atoms with Crippen LogP contribution in [-0.4, -0.2) is 134 Å². The van der Waals surface area contributed by atoms with Gasteiger partial charge in [0.25, 0.3) is 30.4 Å². The first-order valence-corrected chi connectivity index (χ1v) is 28.7. The number of unbranched alkanes of at least 4 members (excludes halogenated alkanes) is 2. The van der Waals surface area contributed by atoms with Crippen molar-refractivity contribution in [2.45, 2.75) is 106 Å². The zero-order valence-electron chi connectivity index (χ0n) is 39.4. The van der Waals surface area contributed by atoms with Gasteiger partial charge in [-0.25, -0.2) is 17.2 Å². The van der Waals surface area contributed by atoms with Crippen LogP contribution in [0.4, 0.5) is 20.2 Å². The number of nitrogens with zero attached hydrogens (tertiary/aromatic N) is 2. The third-order valence-electron chi connectivity index (χ3n) is 12.9. The topological polar surface area (TPSA) is 273 Å². The van der Waals surface area contributed by atoms with Gasteiger partial charge in [0.15, 0.2) is 17.3 Å². The van der Waals surface area contributed by atoms with Gasteiger partial charge in [0.05, 0.1) is 38.9 Å². The Morgan fingerprint density at radius 3 is 2.06 bits per heavy atom. The van der Waals surface area contributed by atoms with Crippen LogP contribution in [0.2, 0.25) is 0 Å². The van der Waals surface area contributed by atoms with Crippen molar-refractivity contribution in [3.63, 3.8) is 0 Å². The van der Waals surface area contributed by atoms with Gasteiger partial charge in [-0.1, -0.05) is 26.0 Å². The zero-order chi connectivity index (χ0) is 52.5. The summed E-state index contributed by atoms with van der Waals surface area (Å²) in [4.78, 5) is 12.2. The van der Waals surface area contributed by atoms with Crippen LogP contribution in [-0.2, 0) is 56.1 Å². The van der Waals surface area contributed by atoms with E-state index in [4.69, 9.17) is 9.84 Å². The number of carboxylic acid groups (broad SMARTS) is 1. The second-order valence-electron chi connectivity index (χ2n) is 18.6. The molecule has 2 heterocycles. The number of fused-ring (bicyclic) bond motifs is 2. The Hall–Kier alpha value is -4.14. The molecule has 2 aliphatic heterocycles. The van der Waals surface area contributed by atoms with Crippen LogP contribution >= 0.6 is 0 Å². The van der Waals surface area contributed by atoms with E-state index in [1.165, 1.54) is 36.4 Å². The number of carbonyl (C=O) groups is 1. The van der Waals surface area contributed by atoms with Gasteiger partial charge in [0.2, 0.25) is 5.69 Å². The molecular weight excluding hydrogens is 1030 g/mol. The molecule has 0 radical (unpaired) electrons. The third kappa shape index (κ3) is 13.8. The molecule has 72 heavy (non-hydrogen) atoms. The summed E-state index contributed by atoms with van der Waals surface area (Å²) < 4.78 is 177. The van der Waals surface area contributed by atoms with Crippen molar-refractivity contribution in [1.82, 2.24) is 0 Å². The number of anilines is 1. The summed E-state index contributed by atoms with van der Waals surface area (Å²) in [5.74, 6) is -4.49. The van der Waals surface area contributed by atoms with E-state index in [9.17, 15) is 56.7 Å². The molecule has 0 unspecified atom stereocenters. The van der Waals surface area contributed by atoms with E-state index in [0.717, 1.165) is 12.1 Å². The van der Waals surface area contributed by atoms with E-state index in [-0.39, 0.29) is 117 Å². The molecule has 3 aromatic carbocycles. The summed E-state index contributed by atoms with van der Waals surface area (Å²) in [6, 6.07) is 10.1. The molecule has 0 aromatic heterocycles. The van der Waals surface area contributed by atoms with Crippen LogP contribution in [0.15, 0.2) is 99.5 Å². The first-order chi connectivity index (χ1) is 32.9. The van der Waals surface area contributed by atoms with Gasteiger partial charge >= 0.3 is 35.5 Å². The predicted molar refractivity (Wildman–Crippen MR) is 267 cm³/mol. The maximum atomic E-state index is 17.0. The molecule has 388 valence electrons. The molecule has 3 aliphatic rings. The van der Waals surface area contributed by atoms with Gasteiger partial charge in [-0.15, -0.1) is 0 Å². The molecule has 4 N–H and O–H groups in total. The van der Waals surface area contributed by atoms with Crippen molar-refractivity contribution >= 4 is 98.7 Å². The van der Waals surface area contributed by atoms with Crippen molar-refractivity contribution in [3.05, 3.63) is 118 Å². The summed E-state index contributed by atoms with van der Waals surface area (Å²) >= 11 is 0. The Labute approximate surface area is 441 Å². The minimum atomic E-state index is -4.89. The molecule has 0 fully saturated rings. The van der Waals surface area contributed by atoms with Gasteiger partial charge in [-0.05, 0) is 130 Å². The fourth-order valence-electron chi connectivity index (χ4n) is 9.43. The zero-order valence-corrected chi connectivity index (χ0v) is 42.7. The normalized spacial score (nSPS) is 18.0. The number of hydrogen-bond acceptors (Lipinski definition) is 12. The third-order valence-corrected chi connectivity index (χ3v) is 16.2. The van der Waals surface area contributed by atoms with E-state index in [2.05, 4.69) is 0 Å². The van der Waals surface area contributed by atoms with Crippen LogP contribution in [0.3, 0.4) is 0 Å².